The van der Waals surface area contributed by atoms with E-state index in [1.54, 1.807) is 6.33 Å². The second-order valence-corrected chi connectivity index (χ2v) is 5.22. The Morgan fingerprint density at radius 1 is 1.17 bits per heavy atom. The van der Waals surface area contributed by atoms with Gasteiger partial charge in [-0.3, -0.25) is 0 Å². The fourth-order valence-corrected chi connectivity index (χ4v) is 2.85. The summed E-state index contributed by atoms with van der Waals surface area (Å²) in [4.78, 5) is 8.79. The van der Waals surface area contributed by atoms with Crippen LogP contribution in [-0.2, 0) is 17.6 Å². The van der Waals surface area contributed by atoms with Crippen LogP contribution in [0.2, 0.25) is 0 Å². The number of hydrogen-bond acceptors (Lipinski definition) is 4. The number of nitrogens with one attached hydrogen (secondary N) is 1. The molecule has 2 aliphatic rings. The quantitative estimate of drug-likeness (QED) is 0.890. The number of anilines is 1. The van der Waals surface area contributed by atoms with E-state index in [-0.39, 0.29) is 0 Å². The van der Waals surface area contributed by atoms with E-state index in [4.69, 9.17) is 4.74 Å². The van der Waals surface area contributed by atoms with Crippen LogP contribution in [0.3, 0.4) is 0 Å². The zero-order chi connectivity index (χ0) is 12.2. The van der Waals surface area contributed by atoms with E-state index in [1.807, 2.05) is 0 Å². The Bertz CT molecular complexity index is 402. The van der Waals surface area contributed by atoms with E-state index >= 15 is 0 Å². The topological polar surface area (TPSA) is 47.0 Å². The molecule has 1 aliphatic heterocycles. The Balaban J connectivity index is 1.65. The standard InChI is InChI=1S/C14H21N3O/c1-2-7-13-12(6-1)14(17-10-16-13)15-9-11-5-3-4-8-18-11/h10-11H,1-9H2,(H,15,16,17). The summed E-state index contributed by atoms with van der Waals surface area (Å²) in [5.74, 6) is 1.04. The molecule has 1 unspecified atom stereocenters. The Morgan fingerprint density at radius 2 is 2.11 bits per heavy atom. The summed E-state index contributed by atoms with van der Waals surface area (Å²) in [6.45, 7) is 1.79. The molecule has 1 atom stereocenters. The molecule has 1 aliphatic carbocycles. The molecule has 98 valence electrons. The zero-order valence-corrected chi connectivity index (χ0v) is 10.8. The molecule has 1 saturated heterocycles. The van der Waals surface area contributed by atoms with E-state index in [0.717, 1.165) is 31.8 Å². The highest BCUT2D eigenvalue weighted by Gasteiger charge is 2.17. The van der Waals surface area contributed by atoms with Crippen LogP contribution in [0, 0.1) is 0 Å². The molecular weight excluding hydrogens is 226 g/mol. The Hall–Kier alpha value is -1.16. The number of aryl methyl sites for hydroxylation is 1. The van der Waals surface area contributed by atoms with Gasteiger partial charge in [-0.15, -0.1) is 0 Å². The normalized spacial score (nSPS) is 23.4. The Labute approximate surface area is 108 Å². The van der Waals surface area contributed by atoms with Gasteiger partial charge in [0.2, 0.25) is 0 Å². The highest BCUT2D eigenvalue weighted by Crippen LogP contribution is 2.24. The van der Waals surface area contributed by atoms with E-state index < -0.39 is 0 Å². The van der Waals surface area contributed by atoms with Crippen LogP contribution in [0.15, 0.2) is 6.33 Å². The molecule has 18 heavy (non-hydrogen) atoms. The van der Waals surface area contributed by atoms with Crippen LogP contribution in [-0.4, -0.2) is 29.2 Å². The second-order valence-electron chi connectivity index (χ2n) is 5.22. The lowest BCUT2D eigenvalue weighted by Crippen LogP contribution is -2.28. The lowest BCUT2D eigenvalue weighted by atomic mass is 9.96. The van der Waals surface area contributed by atoms with Gasteiger partial charge in [0.15, 0.2) is 0 Å². The molecule has 0 saturated carbocycles. The van der Waals surface area contributed by atoms with Gasteiger partial charge in [0.1, 0.15) is 12.1 Å². The van der Waals surface area contributed by atoms with Crippen molar-refractivity contribution in [3.8, 4) is 0 Å². The van der Waals surface area contributed by atoms with Crippen LogP contribution < -0.4 is 5.32 Å². The molecular formula is C14H21N3O. The number of ether oxygens (including phenoxy) is 1. The number of fused-ring (bicyclic) bond motifs is 1. The van der Waals surface area contributed by atoms with Gasteiger partial charge >= 0.3 is 0 Å². The molecule has 1 aromatic rings. The van der Waals surface area contributed by atoms with Crippen molar-refractivity contribution in [2.24, 2.45) is 0 Å². The van der Waals surface area contributed by atoms with Crippen LogP contribution in [0.4, 0.5) is 5.82 Å². The van der Waals surface area contributed by atoms with Crippen molar-refractivity contribution in [1.82, 2.24) is 9.97 Å². The molecule has 3 rings (SSSR count). The summed E-state index contributed by atoms with van der Waals surface area (Å²) in [7, 11) is 0. The molecule has 4 heteroatoms. The maximum Gasteiger partial charge on any atom is 0.132 e. The third-order valence-electron chi connectivity index (χ3n) is 3.90. The van der Waals surface area contributed by atoms with Crippen molar-refractivity contribution in [3.63, 3.8) is 0 Å². The molecule has 1 fully saturated rings. The lowest BCUT2D eigenvalue weighted by molar-refractivity contribution is 0.0247. The molecule has 0 bridgehead atoms. The van der Waals surface area contributed by atoms with Crippen LogP contribution >= 0.6 is 0 Å². The summed E-state index contributed by atoms with van der Waals surface area (Å²) in [5, 5.41) is 3.47. The predicted octanol–water partition coefficient (Wildman–Crippen LogP) is 2.34. The van der Waals surface area contributed by atoms with Crippen molar-refractivity contribution in [2.75, 3.05) is 18.5 Å². The first-order valence-electron chi connectivity index (χ1n) is 7.12. The second kappa shape index (κ2) is 5.65. The van der Waals surface area contributed by atoms with E-state index in [0.29, 0.717) is 6.10 Å². The molecule has 2 heterocycles. The van der Waals surface area contributed by atoms with E-state index in [1.165, 1.54) is 43.4 Å². The van der Waals surface area contributed by atoms with Gasteiger partial charge in [-0.1, -0.05) is 0 Å². The van der Waals surface area contributed by atoms with E-state index in [2.05, 4.69) is 15.3 Å². The minimum Gasteiger partial charge on any atom is -0.376 e. The SMILES string of the molecule is c1nc2c(c(NCC3CCCCO3)n1)CCCC2. The molecule has 0 radical (unpaired) electrons. The largest absolute Gasteiger partial charge is 0.376 e. The van der Waals surface area contributed by atoms with Crippen molar-refractivity contribution in [1.29, 1.82) is 0 Å². The van der Waals surface area contributed by atoms with Gasteiger partial charge in [-0.05, 0) is 44.9 Å². The average molecular weight is 247 g/mol. The first-order chi connectivity index (χ1) is 8.93. The predicted molar refractivity (Wildman–Crippen MR) is 70.8 cm³/mol. The van der Waals surface area contributed by atoms with Crippen LogP contribution in [0.5, 0.6) is 0 Å². The number of rotatable bonds is 3. The number of aromatic nitrogens is 2. The molecule has 0 spiro atoms. The summed E-state index contributed by atoms with van der Waals surface area (Å²) in [6.07, 6.45) is 10.4. The summed E-state index contributed by atoms with van der Waals surface area (Å²) >= 11 is 0. The maximum absolute atomic E-state index is 5.74. The van der Waals surface area contributed by atoms with Crippen molar-refractivity contribution in [3.05, 3.63) is 17.6 Å². The minimum atomic E-state index is 0.355. The monoisotopic (exact) mass is 247 g/mol. The fourth-order valence-electron chi connectivity index (χ4n) is 2.85. The van der Waals surface area contributed by atoms with Gasteiger partial charge in [-0.2, -0.15) is 0 Å². The van der Waals surface area contributed by atoms with Crippen molar-refractivity contribution in [2.45, 2.75) is 51.0 Å². The zero-order valence-electron chi connectivity index (χ0n) is 10.8. The molecule has 1 aromatic heterocycles. The van der Waals surface area contributed by atoms with Gasteiger partial charge in [0.25, 0.3) is 0 Å². The number of nitrogens with zero attached hydrogens (tertiary/aromatic N) is 2. The Morgan fingerprint density at radius 3 is 3.00 bits per heavy atom. The van der Waals surface area contributed by atoms with Gasteiger partial charge in [0, 0.05) is 24.4 Å². The first kappa shape index (κ1) is 11.9. The third-order valence-corrected chi connectivity index (χ3v) is 3.90. The van der Waals surface area contributed by atoms with Gasteiger partial charge < -0.3 is 10.1 Å². The summed E-state index contributed by atoms with van der Waals surface area (Å²) < 4.78 is 5.74. The van der Waals surface area contributed by atoms with E-state index in [9.17, 15) is 0 Å². The highest BCUT2D eigenvalue weighted by atomic mass is 16.5. The average Bonchev–Trinajstić information content (AvgIpc) is 2.46. The van der Waals surface area contributed by atoms with Gasteiger partial charge in [-0.25, -0.2) is 9.97 Å². The smallest absolute Gasteiger partial charge is 0.132 e. The maximum atomic E-state index is 5.74. The molecule has 4 nitrogen and oxygen atoms in total. The van der Waals surface area contributed by atoms with Crippen LogP contribution in [0.1, 0.15) is 43.4 Å². The summed E-state index contributed by atoms with van der Waals surface area (Å²) in [5.41, 5.74) is 2.57. The van der Waals surface area contributed by atoms with Gasteiger partial charge in [0.05, 0.1) is 6.10 Å². The molecule has 0 aromatic carbocycles. The fraction of sp³-hybridized carbons (Fsp3) is 0.714. The first-order valence-corrected chi connectivity index (χ1v) is 7.12. The minimum absolute atomic E-state index is 0.355. The third kappa shape index (κ3) is 2.64. The lowest BCUT2D eigenvalue weighted by Gasteiger charge is -2.24. The number of hydrogen-bond donors (Lipinski definition) is 1. The highest BCUT2D eigenvalue weighted by molar-refractivity contribution is 5.47. The van der Waals surface area contributed by atoms with Crippen LogP contribution in [0.25, 0.3) is 0 Å². The van der Waals surface area contributed by atoms with Crippen molar-refractivity contribution >= 4 is 5.82 Å². The molecule has 0 amide bonds. The summed E-state index contributed by atoms with van der Waals surface area (Å²) in [6, 6.07) is 0. The molecule has 1 N–H and O–H groups in total. The van der Waals surface area contributed by atoms with Crippen molar-refractivity contribution < 1.29 is 4.74 Å². The Kier molecular flexibility index (Phi) is 3.74.